The van der Waals surface area contributed by atoms with Crippen molar-refractivity contribution < 1.29 is 9.59 Å². The molecule has 7 nitrogen and oxygen atoms in total. The first kappa shape index (κ1) is 20.4. The fourth-order valence-electron chi connectivity index (χ4n) is 3.95. The van der Waals surface area contributed by atoms with E-state index in [1.54, 1.807) is 4.90 Å². The molecule has 1 aromatic rings. The molecule has 2 saturated heterocycles. The van der Waals surface area contributed by atoms with Crippen LogP contribution in [0.25, 0.3) is 0 Å². The lowest BCUT2D eigenvalue weighted by Gasteiger charge is -2.36. The van der Waals surface area contributed by atoms with Crippen LogP contribution in [-0.4, -0.2) is 77.1 Å². The van der Waals surface area contributed by atoms with E-state index >= 15 is 0 Å². The van der Waals surface area contributed by atoms with Crippen molar-refractivity contribution >= 4 is 12.1 Å². The van der Waals surface area contributed by atoms with Crippen molar-refractivity contribution in [1.29, 1.82) is 0 Å². The molecule has 0 aliphatic carbocycles. The number of carbonyl (C=O) groups excluding carboxylic acids is 2. The zero-order valence-corrected chi connectivity index (χ0v) is 17.4. The van der Waals surface area contributed by atoms with Gasteiger partial charge in [-0.2, -0.15) is 0 Å². The molecule has 0 unspecified atom stereocenters. The predicted molar refractivity (Wildman–Crippen MR) is 109 cm³/mol. The van der Waals surface area contributed by atoms with E-state index in [1.807, 2.05) is 43.0 Å². The Morgan fingerprint density at radius 3 is 2.50 bits per heavy atom. The summed E-state index contributed by atoms with van der Waals surface area (Å²) in [5, 5.41) is 3.14. The molecule has 0 spiro atoms. The van der Waals surface area contributed by atoms with Crippen molar-refractivity contribution in [2.45, 2.75) is 58.0 Å². The van der Waals surface area contributed by atoms with Gasteiger partial charge in [-0.3, -0.25) is 4.98 Å². The van der Waals surface area contributed by atoms with Gasteiger partial charge in [0.2, 0.25) is 0 Å². The molecule has 3 rings (SSSR count). The van der Waals surface area contributed by atoms with Crippen LogP contribution in [0, 0.1) is 6.92 Å². The summed E-state index contributed by atoms with van der Waals surface area (Å²) in [5.41, 5.74) is 2.18. The lowest BCUT2D eigenvalue weighted by Crippen LogP contribution is -2.52. The number of nitrogens with one attached hydrogen (secondary N) is 1. The molecule has 154 valence electrons. The highest BCUT2D eigenvalue weighted by molar-refractivity contribution is 5.75. The van der Waals surface area contributed by atoms with Gasteiger partial charge in [0, 0.05) is 63.6 Å². The van der Waals surface area contributed by atoms with E-state index in [0.29, 0.717) is 13.1 Å². The fraction of sp³-hybridized carbons (Fsp3) is 0.667. The summed E-state index contributed by atoms with van der Waals surface area (Å²) in [6.07, 6.45) is 6.39. The molecule has 1 aromatic heterocycles. The molecule has 28 heavy (non-hydrogen) atoms. The second-order valence-electron chi connectivity index (χ2n) is 8.18. The van der Waals surface area contributed by atoms with E-state index in [9.17, 15) is 9.59 Å². The van der Waals surface area contributed by atoms with E-state index < -0.39 is 0 Å². The Morgan fingerprint density at radius 1 is 1.21 bits per heavy atom. The SMILES string of the molecule is Cc1ccnc(C[C@@H](C)N(C)C(=O)NC2CCN(C(=O)N3CCCC3)CC2)c1. The molecule has 2 aliphatic heterocycles. The van der Waals surface area contributed by atoms with Crippen LogP contribution in [0.5, 0.6) is 0 Å². The quantitative estimate of drug-likeness (QED) is 0.864. The number of hydrogen-bond donors (Lipinski definition) is 1. The van der Waals surface area contributed by atoms with Gasteiger partial charge in [-0.25, -0.2) is 9.59 Å². The number of piperidine rings is 1. The zero-order valence-electron chi connectivity index (χ0n) is 17.4. The van der Waals surface area contributed by atoms with E-state index in [2.05, 4.69) is 16.4 Å². The van der Waals surface area contributed by atoms with Gasteiger partial charge in [-0.15, -0.1) is 0 Å². The number of aromatic nitrogens is 1. The number of urea groups is 2. The highest BCUT2D eigenvalue weighted by Crippen LogP contribution is 2.16. The number of nitrogens with zero attached hydrogens (tertiary/aromatic N) is 4. The van der Waals surface area contributed by atoms with E-state index in [-0.39, 0.29) is 24.1 Å². The van der Waals surface area contributed by atoms with Crippen molar-refractivity contribution in [1.82, 2.24) is 25.0 Å². The van der Waals surface area contributed by atoms with Crippen LogP contribution in [0.15, 0.2) is 18.3 Å². The van der Waals surface area contributed by atoms with Crippen LogP contribution >= 0.6 is 0 Å². The van der Waals surface area contributed by atoms with Crippen molar-refractivity contribution in [3.8, 4) is 0 Å². The average molecular weight is 388 g/mol. The minimum atomic E-state index is -0.0514. The van der Waals surface area contributed by atoms with E-state index in [0.717, 1.165) is 50.9 Å². The summed E-state index contributed by atoms with van der Waals surface area (Å²) in [6.45, 7) is 7.29. The van der Waals surface area contributed by atoms with E-state index in [1.165, 1.54) is 5.56 Å². The lowest BCUT2D eigenvalue weighted by molar-refractivity contribution is 0.142. The van der Waals surface area contributed by atoms with E-state index in [4.69, 9.17) is 0 Å². The van der Waals surface area contributed by atoms with Gasteiger partial charge < -0.3 is 20.0 Å². The number of amides is 4. The summed E-state index contributed by atoms with van der Waals surface area (Å²) in [6, 6.07) is 4.34. The highest BCUT2D eigenvalue weighted by atomic mass is 16.2. The molecule has 1 N–H and O–H groups in total. The van der Waals surface area contributed by atoms with Crippen LogP contribution in [0.2, 0.25) is 0 Å². The summed E-state index contributed by atoms with van der Waals surface area (Å²) in [5.74, 6) is 0. The summed E-state index contributed by atoms with van der Waals surface area (Å²) in [7, 11) is 1.84. The normalized spacial score (nSPS) is 18.8. The topological polar surface area (TPSA) is 68.8 Å². The van der Waals surface area contributed by atoms with Gasteiger partial charge >= 0.3 is 12.1 Å². The smallest absolute Gasteiger partial charge is 0.319 e. The second-order valence-corrected chi connectivity index (χ2v) is 8.18. The Labute approximate surface area is 168 Å². The molecular formula is C21H33N5O2. The Hall–Kier alpha value is -2.31. The molecule has 0 radical (unpaired) electrons. The van der Waals surface area contributed by atoms with Crippen LogP contribution in [0.3, 0.4) is 0 Å². The monoisotopic (exact) mass is 387 g/mol. The average Bonchev–Trinajstić information content (AvgIpc) is 3.22. The molecule has 0 aromatic carbocycles. The summed E-state index contributed by atoms with van der Waals surface area (Å²) >= 11 is 0. The van der Waals surface area contributed by atoms with Gasteiger partial charge in [0.15, 0.2) is 0 Å². The third-order valence-corrected chi connectivity index (χ3v) is 5.93. The second kappa shape index (κ2) is 9.26. The Kier molecular flexibility index (Phi) is 6.75. The molecular weight excluding hydrogens is 354 g/mol. The van der Waals surface area contributed by atoms with Crippen LogP contribution in [0.1, 0.15) is 43.9 Å². The van der Waals surface area contributed by atoms with Crippen molar-refractivity contribution in [2.75, 3.05) is 33.2 Å². The number of likely N-dealkylation sites (tertiary alicyclic amines) is 2. The Morgan fingerprint density at radius 2 is 1.86 bits per heavy atom. The minimum Gasteiger partial charge on any atom is -0.335 e. The Bertz CT molecular complexity index is 681. The predicted octanol–water partition coefficient (Wildman–Crippen LogP) is 2.64. The highest BCUT2D eigenvalue weighted by Gasteiger charge is 2.29. The van der Waals surface area contributed by atoms with Gasteiger partial charge in [0.1, 0.15) is 0 Å². The molecule has 0 saturated carbocycles. The lowest BCUT2D eigenvalue weighted by atomic mass is 10.1. The molecule has 3 heterocycles. The number of likely N-dealkylation sites (N-methyl/N-ethyl adjacent to an activating group) is 1. The first-order chi connectivity index (χ1) is 13.4. The molecule has 2 aliphatic rings. The summed E-state index contributed by atoms with van der Waals surface area (Å²) < 4.78 is 0. The number of hydrogen-bond acceptors (Lipinski definition) is 3. The number of carbonyl (C=O) groups is 2. The first-order valence-electron chi connectivity index (χ1n) is 10.4. The molecule has 1 atom stereocenters. The summed E-state index contributed by atoms with van der Waals surface area (Å²) in [4.78, 5) is 35.2. The number of pyridine rings is 1. The largest absolute Gasteiger partial charge is 0.335 e. The third-order valence-electron chi connectivity index (χ3n) is 5.93. The maximum Gasteiger partial charge on any atom is 0.319 e. The van der Waals surface area contributed by atoms with Crippen molar-refractivity contribution in [2.24, 2.45) is 0 Å². The first-order valence-corrected chi connectivity index (χ1v) is 10.4. The standard InChI is InChI=1S/C21H33N5O2/c1-16-6-9-22-19(14-16)15-17(2)24(3)20(27)23-18-7-12-26(13-8-18)21(28)25-10-4-5-11-25/h6,9,14,17-18H,4-5,7-8,10-13,15H2,1-3H3,(H,23,27)/t17-/m1/s1. The van der Waals surface area contributed by atoms with Gasteiger partial charge in [-0.1, -0.05) is 0 Å². The third kappa shape index (κ3) is 5.14. The van der Waals surface area contributed by atoms with Crippen LogP contribution < -0.4 is 5.32 Å². The number of aryl methyl sites for hydroxylation is 1. The fourth-order valence-corrected chi connectivity index (χ4v) is 3.95. The Balaban J connectivity index is 1.43. The zero-order chi connectivity index (χ0) is 20.1. The van der Waals surface area contributed by atoms with Gasteiger partial charge in [0.25, 0.3) is 0 Å². The molecule has 2 fully saturated rings. The van der Waals surface area contributed by atoms with Crippen LogP contribution in [-0.2, 0) is 6.42 Å². The molecule has 7 heteroatoms. The minimum absolute atomic E-state index is 0.0514. The maximum absolute atomic E-state index is 12.6. The number of rotatable bonds is 4. The van der Waals surface area contributed by atoms with Gasteiger partial charge in [0.05, 0.1) is 0 Å². The van der Waals surface area contributed by atoms with Gasteiger partial charge in [-0.05, 0) is 57.2 Å². The molecule has 4 amide bonds. The molecule has 0 bridgehead atoms. The van der Waals surface area contributed by atoms with Crippen LogP contribution in [0.4, 0.5) is 9.59 Å². The maximum atomic E-state index is 12.6. The van der Waals surface area contributed by atoms with Crippen molar-refractivity contribution in [3.05, 3.63) is 29.6 Å². The van der Waals surface area contributed by atoms with Crippen molar-refractivity contribution in [3.63, 3.8) is 0 Å².